The first-order valence-electron chi connectivity index (χ1n) is 11.5. The third kappa shape index (κ3) is 6.84. The number of terminal acetylenes is 1. The van der Waals surface area contributed by atoms with Gasteiger partial charge in [-0.3, -0.25) is 19.2 Å². The molecular weight excluding hydrogens is 408 g/mol. The number of amides is 4. The maximum absolute atomic E-state index is 13.4. The highest BCUT2D eigenvalue weighted by molar-refractivity contribution is 5.96. The highest BCUT2D eigenvalue weighted by atomic mass is 16.2. The molecule has 2 fully saturated rings. The van der Waals surface area contributed by atoms with Crippen LogP contribution in [0.15, 0.2) is 12.2 Å². The van der Waals surface area contributed by atoms with E-state index in [1.807, 2.05) is 0 Å². The topological polar surface area (TPSA) is 108 Å². The molecule has 1 saturated heterocycles. The molecule has 176 valence electrons. The Labute approximate surface area is 190 Å². The highest BCUT2D eigenvalue weighted by Gasteiger charge is 2.40. The van der Waals surface area contributed by atoms with Crippen molar-refractivity contribution in [1.82, 2.24) is 20.9 Å². The Balaban J connectivity index is 2.02. The van der Waals surface area contributed by atoms with E-state index in [2.05, 4.69) is 28.4 Å². The lowest BCUT2D eigenvalue weighted by molar-refractivity contribution is -0.143. The molecule has 0 spiro atoms. The summed E-state index contributed by atoms with van der Waals surface area (Å²) in [6.45, 7) is 7.70. The first-order valence-corrected chi connectivity index (χ1v) is 11.5. The molecule has 4 amide bonds. The van der Waals surface area contributed by atoms with Gasteiger partial charge in [-0.2, -0.15) is 0 Å². The molecule has 8 heteroatoms. The van der Waals surface area contributed by atoms with Crippen LogP contribution in [0.1, 0.15) is 65.2 Å². The van der Waals surface area contributed by atoms with E-state index >= 15 is 0 Å². The lowest BCUT2D eigenvalue weighted by atomic mass is 9.83. The normalized spacial score (nSPS) is 20.5. The number of hydrogen-bond donors (Lipinski definition) is 3. The van der Waals surface area contributed by atoms with Gasteiger partial charge in [-0.05, 0) is 38.5 Å². The monoisotopic (exact) mass is 444 g/mol. The quantitative estimate of drug-likeness (QED) is 0.283. The Bertz CT molecular complexity index is 766. The molecule has 0 radical (unpaired) electrons. The van der Waals surface area contributed by atoms with Crippen molar-refractivity contribution in [1.29, 1.82) is 0 Å². The predicted octanol–water partition coefficient (Wildman–Crippen LogP) is 1.26. The number of nitrogens with one attached hydrogen (secondary N) is 3. The minimum atomic E-state index is -0.623. The second-order valence-corrected chi connectivity index (χ2v) is 8.73. The van der Waals surface area contributed by atoms with Gasteiger partial charge < -0.3 is 20.9 Å². The molecule has 0 aromatic heterocycles. The number of likely N-dealkylation sites (tertiary alicyclic amines) is 1. The van der Waals surface area contributed by atoms with Crippen LogP contribution >= 0.6 is 0 Å². The fourth-order valence-corrected chi connectivity index (χ4v) is 4.50. The molecule has 3 unspecified atom stereocenters. The van der Waals surface area contributed by atoms with E-state index in [1.54, 1.807) is 11.8 Å². The van der Waals surface area contributed by atoms with Crippen molar-refractivity contribution >= 4 is 23.6 Å². The summed E-state index contributed by atoms with van der Waals surface area (Å²) in [7, 11) is 0. The highest BCUT2D eigenvalue weighted by Crippen LogP contribution is 2.29. The lowest BCUT2D eigenvalue weighted by Crippen LogP contribution is -2.56. The van der Waals surface area contributed by atoms with Crippen molar-refractivity contribution in [2.75, 3.05) is 13.1 Å². The van der Waals surface area contributed by atoms with E-state index < -0.39 is 18.1 Å². The molecule has 0 aromatic rings. The van der Waals surface area contributed by atoms with Gasteiger partial charge in [0.25, 0.3) is 0 Å². The minimum Gasteiger partial charge on any atom is -0.351 e. The van der Waals surface area contributed by atoms with Crippen molar-refractivity contribution in [3.8, 4) is 12.3 Å². The molecule has 1 heterocycles. The zero-order chi connectivity index (χ0) is 23.7. The van der Waals surface area contributed by atoms with E-state index in [1.165, 1.54) is 6.92 Å². The van der Waals surface area contributed by atoms with E-state index in [0.717, 1.165) is 32.1 Å². The molecule has 0 bridgehead atoms. The standard InChI is InChI=1S/C24H36N4O4/c1-5-6-14-25-22(30)16(2)17(3)26-23(31)20-13-10-15-28(20)24(32)21(27-18(4)29)19-11-8-7-9-12-19/h1,17,19-21H,2,6-15H2,3-4H3,(H,25,30)(H,26,31)(H,27,29). The average Bonchev–Trinajstić information content (AvgIpc) is 3.27. The number of rotatable bonds is 9. The molecule has 1 aliphatic heterocycles. The van der Waals surface area contributed by atoms with Crippen molar-refractivity contribution in [2.24, 2.45) is 5.92 Å². The van der Waals surface area contributed by atoms with Gasteiger partial charge in [-0.15, -0.1) is 12.3 Å². The van der Waals surface area contributed by atoms with E-state index in [4.69, 9.17) is 6.42 Å². The Morgan fingerprint density at radius 3 is 2.41 bits per heavy atom. The summed E-state index contributed by atoms with van der Waals surface area (Å²) in [5, 5.41) is 8.32. The van der Waals surface area contributed by atoms with Gasteiger partial charge in [0, 0.05) is 32.0 Å². The molecular formula is C24H36N4O4. The lowest BCUT2D eigenvalue weighted by Gasteiger charge is -2.34. The van der Waals surface area contributed by atoms with Gasteiger partial charge in [0.1, 0.15) is 12.1 Å². The van der Waals surface area contributed by atoms with Gasteiger partial charge >= 0.3 is 0 Å². The number of hydrogen-bond acceptors (Lipinski definition) is 4. The van der Waals surface area contributed by atoms with Crippen molar-refractivity contribution in [3.05, 3.63) is 12.2 Å². The van der Waals surface area contributed by atoms with Crippen LogP contribution in [0, 0.1) is 18.3 Å². The SMILES string of the molecule is C#CCCNC(=O)C(=C)C(C)NC(=O)C1CCCN1C(=O)C(NC(C)=O)C1CCCCC1. The van der Waals surface area contributed by atoms with Crippen molar-refractivity contribution in [3.63, 3.8) is 0 Å². The fraction of sp³-hybridized carbons (Fsp3) is 0.667. The third-order valence-corrected chi connectivity index (χ3v) is 6.31. The molecule has 1 aliphatic carbocycles. The van der Waals surface area contributed by atoms with E-state index in [9.17, 15) is 19.2 Å². The zero-order valence-corrected chi connectivity index (χ0v) is 19.2. The summed E-state index contributed by atoms with van der Waals surface area (Å²) < 4.78 is 0. The molecule has 2 rings (SSSR count). The summed E-state index contributed by atoms with van der Waals surface area (Å²) in [6.07, 6.45) is 11.9. The van der Waals surface area contributed by atoms with E-state index in [0.29, 0.717) is 32.4 Å². The largest absolute Gasteiger partial charge is 0.351 e. The van der Waals surface area contributed by atoms with Crippen LogP contribution in [0.25, 0.3) is 0 Å². The molecule has 1 saturated carbocycles. The van der Waals surface area contributed by atoms with Gasteiger partial charge in [-0.1, -0.05) is 25.8 Å². The molecule has 32 heavy (non-hydrogen) atoms. The van der Waals surface area contributed by atoms with Crippen LogP contribution in [0.5, 0.6) is 0 Å². The summed E-state index contributed by atoms with van der Waals surface area (Å²) in [5.41, 5.74) is 0.226. The van der Waals surface area contributed by atoms with Gasteiger partial charge in [0.05, 0.1) is 6.04 Å². The Kier molecular flexibility index (Phi) is 9.76. The maximum atomic E-state index is 13.4. The number of carbonyl (C=O) groups excluding carboxylic acids is 4. The molecule has 3 N–H and O–H groups in total. The number of carbonyl (C=O) groups is 4. The smallest absolute Gasteiger partial charge is 0.248 e. The van der Waals surface area contributed by atoms with Crippen LogP contribution in [0.3, 0.4) is 0 Å². The summed E-state index contributed by atoms with van der Waals surface area (Å²) >= 11 is 0. The van der Waals surface area contributed by atoms with Crippen LogP contribution in [0.2, 0.25) is 0 Å². The first-order chi connectivity index (χ1) is 15.3. The maximum Gasteiger partial charge on any atom is 0.248 e. The molecule has 0 aromatic carbocycles. The van der Waals surface area contributed by atoms with E-state index in [-0.39, 0.29) is 35.1 Å². The van der Waals surface area contributed by atoms with Crippen LogP contribution in [0.4, 0.5) is 0 Å². The summed E-state index contributed by atoms with van der Waals surface area (Å²) in [4.78, 5) is 51.9. The summed E-state index contributed by atoms with van der Waals surface area (Å²) in [5.74, 6) is 1.42. The van der Waals surface area contributed by atoms with Crippen molar-refractivity contribution in [2.45, 2.75) is 83.3 Å². The minimum absolute atomic E-state index is 0.0925. The Morgan fingerprint density at radius 1 is 1.09 bits per heavy atom. The van der Waals surface area contributed by atoms with Crippen LogP contribution < -0.4 is 16.0 Å². The Morgan fingerprint density at radius 2 is 1.78 bits per heavy atom. The first kappa shape index (κ1) is 25.4. The Hall–Kier alpha value is -2.82. The van der Waals surface area contributed by atoms with Gasteiger partial charge in [-0.25, -0.2) is 0 Å². The second-order valence-electron chi connectivity index (χ2n) is 8.73. The van der Waals surface area contributed by atoms with Crippen LogP contribution in [-0.2, 0) is 19.2 Å². The fourth-order valence-electron chi connectivity index (χ4n) is 4.50. The average molecular weight is 445 g/mol. The van der Waals surface area contributed by atoms with Gasteiger partial charge in [0.2, 0.25) is 23.6 Å². The molecule has 8 nitrogen and oxygen atoms in total. The van der Waals surface area contributed by atoms with Crippen molar-refractivity contribution < 1.29 is 19.2 Å². The van der Waals surface area contributed by atoms with Gasteiger partial charge in [0.15, 0.2) is 0 Å². The summed E-state index contributed by atoms with van der Waals surface area (Å²) in [6, 6.07) is -1.81. The number of nitrogens with zero attached hydrogens (tertiary/aromatic N) is 1. The predicted molar refractivity (Wildman–Crippen MR) is 122 cm³/mol. The molecule has 3 atom stereocenters. The second kappa shape index (κ2) is 12.3. The zero-order valence-electron chi connectivity index (χ0n) is 19.2. The van der Waals surface area contributed by atoms with Crippen LogP contribution in [-0.4, -0.2) is 59.7 Å². The third-order valence-electron chi connectivity index (χ3n) is 6.31. The molecule has 2 aliphatic rings.